The van der Waals surface area contributed by atoms with Crippen LogP contribution in [-0.2, 0) is 4.79 Å². The molecule has 33 heavy (non-hydrogen) atoms. The first-order valence-corrected chi connectivity index (χ1v) is 11.6. The molecule has 1 atom stereocenters. The molecule has 0 radical (unpaired) electrons. The number of carbonyl (C=O) groups excluding carboxylic acids is 1. The van der Waals surface area contributed by atoms with Crippen LogP contribution in [0.4, 0.5) is 0 Å². The van der Waals surface area contributed by atoms with Crippen molar-refractivity contribution in [1.82, 2.24) is 9.97 Å². The van der Waals surface area contributed by atoms with Crippen LogP contribution < -0.4 is 10.5 Å². The van der Waals surface area contributed by atoms with Gasteiger partial charge in [0.2, 0.25) is 5.91 Å². The summed E-state index contributed by atoms with van der Waals surface area (Å²) in [6, 6.07) is 24.1. The van der Waals surface area contributed by atoms with E-state index >= 15 is 0 Å². The van der Waals surface area contributed by atoms with Crippen LogP contribution in [0.15, 0.2) is 78.9 Å². The van der Waals surface area contributed by atoms with E-state index in [0.29, 0.717) is 26.7 Å². The van der Waals surface area contributed by atoms with Crippen LogP contribution in [0.25, 0.3) is 22.4 Å². The third kappa shape index (κ3) is 4.46. The fourth-order valence-electron chi connectivity index (χ4n) is 3.63. The molecule has 3 N–H and O–H groups in total. The number of nitrogens with one attached hydrogen (secondary N) is 1. The molecule has 0 bridgehead atoms. The Morgan fingerprint density at radius 1 is 1.00 bits per heavy atom. The van der Waals surface area contributed by atoms with Crippen LogP contribution in [0.3, 0.4) is 0 Å². The lowest BCUT2D eigenvalue weighted by molar-refractivity contribution is -0.118. The minimum absolute atomic E-state index is 0.429. The summed E-state index contributed by atoms with van der Waals surface area (Å²) in [5, 5.41) is 0.550. The van der Waals surface area contributed by atoms with Crippen LogP contribution in [0.5, 0.6) is 11.5 Å². The lowest BCUT2D eigenvalue weighted by Crippen LogP contribution is -2.21. The molecule has 8 heteroatoms. The third-order valence-corrected chi connectivity index (χ3v) is 6.80. The molecule has 1 unspecified atom stereocenters. The molecule has 0 aliphatic rings. The van der Waals surface area contributed by atoms with Crippen molar-refractivity contribution in [3.63, 3.8) is 0 Å². The van der Waals surface area contributed by atoms with Gasteiger partial charge in [0.1, 0.15) is 17.3 Å². The second-order valence-electron chi connectivity index (χ2n) is 7.40. The molecule has 1 amide bonds. The van der Waals surface area contributed by atoms with Crippen molar-refractivity contribution in [2.75, 3.05) is 0 Å². The molecule has 2 aromatic heterocycles. The number of para-hydroxylation sites is 1. The average molecular weight is 494 g/mol. The number of imidazole rings is 1. The van der Waals surface area contributed by atoms with E-state index in [1.54, 1.807) is 12.1 Å². The van der Waals surface area contributed by atoms with Crippen molar-refractivity contribution in [3.8, 4) is 22.9 Å². The van der Waals surface area contributed by atoms with Crippen molar-refractivity contribution in [2.45, 2.75) is 5.92 Å². The zero-order valence-electron chi connectivity index (χ0n) is 17.1. The van der Waals surface area contributed by atoms with Gasteiger partial charge in [0, 0.05) is 10.4 Å². The number of hydrogen-bond donors (Lipinski definition) is 2. The summed E-state index contributed by atoms with van der Waals surface area (Å²) in [7, 11) is 0. The van der Waals surface area contributed by atoms with E-state index in [4.69, 9.17) is 33.7 Å². The summed E-state index contributed by atoms with van der Waals surface area (Å²) in [4.78, 5) is 21.0. The highest BCUT2D eigenvalue weighted by atomic mass is 35.5. The first-order valence-electron chi connectivity index (χ1n) is 10.0. The molecule has 0 spiro atoms. The molecule has 5 aromatic rings. The monoisotopic (exact) mass is 493 g/mol. The Balaban J connectivity index is 1.43. The summed E-state index contributed by atoms with van der Waals surface area (Å²) in [6.07, 6.45) is 0. The van der Waals surface area contributed by atoms with Crippen LogP contribution in [0.2, 0.25) is 9.36 Å². The van der Waals surface area contributed by atoms with Crippen LogP contribution in [-0.4, -0.2) is 15.9 Å². The second kappa shape index (κ2) is 8.90. The SMILES string of the molecule is NC(=O)C(c1ccc2nc(-c3ccc(Oc4ccccc4Cl)cc3)[nH]c2c1)c1ccc(Cl)s1. The lowest BCUT2D eigenvalue weighted by atomic mass is 9.96. The normalized spacial score (nSPS) is 12.1. The number of H-pyrrole nitrogens is 1. The third-order valence-electron chi connectivity index (χ3n) is 5.19. The van der Waals surface area contributed by atoms with Gasteiger partial charge in [0.25, 0.3) is 0 Å². The maximum Gasteiger partial charge on any atom is 0.230 e. The van der Waals surface area contributed by atoms with Gasteiger partial charge in [-0.15, -0.1) is 11.3 Å². The number of ether oxygens (including phenoxy) is 1. The number of hydrogen-bond acceptors (Lipinski definition) is 4. The summed E-state index contributed by atoms with van der Waals surface area (Å²) >= 11 is 13.6. The molecular weight excluding hydrogens is 477 g/mol. The van der Waals surface area contributed by atoms with Gasteiger partial charge in [-0.3, -0.25) is 4.79 Å². The van der Waals surface area contributed by atoms with Gasteiger partial charge in [-0.2, -0.15) is 0 Å². The largest absolute Gasteiger partial charge is 0.456 e. The number of fused-ring (bicyclic) bond motifs is 1. The minimum atomic E-state index is -0.570. The Morgan fingerprint density at radius 3 is 2.48 bits per heavy atom. The molecule has 0 fully saturated rings. The highest BCUT2D eigenvalue weighted by Gasteiger charge is 2.23. The second-order valence-corrected chi connectivity index (χ2v) is 9.55. The number of nitrogens with zero attached hydrogens (tertiary/aromatic N) is 1. The van der Waals surface area contributed by atoms with E-state index in [0.717, 1.165) is 27.0 Å². The van der Waals surface area contributed by atoms with Gasteiger partial charge in [0.05, 0.1) is 26.3 Å². The summed E-state index contributed by atoms with van der Waals surface area (Å²) in [5.74, 6) is 0.978. The van der Waals surface area contributed by atoms with Gasteiger partial charge >= 0.3 is 0 Å². The Kier molecular flexibility index (Phi) is 5.81. The number of halogens is 2. The number of aromatic nitrogens is 2. The molecule has 0 saturated heterocycles. The standard InChI is InChI=1S/C25H17Cl2N3O2S/c26-17-3-1-2-4-20(17)32-16-8-5-14(6-9-16)25-29-18-10-7-15(13-19(18)30-25)23(24(28)31)21-11-12-22(27)33-21/h1-13,23H,(H2,28,31)(H,29,30). The van der Waals surface area contributed by atoms with E-state index in [2.05, 4.69) is 9.97 Å². The number of benzene rings is 3. The first kappa shape index (κ1) is 21.5. The Hall–Kier alpha value is -3.32. The van der Waals surface area contributed by atoms with E-state index in [-0.39, 0.29) is 0 Å². The Labute approximate surface area is 203 Å². The quantitative estimate of drug-likeness (QED) is 0.267. The van der Waals surface area contributed by atoms with Gasteiger partial charge in [0.15, 0.2) is 0 Å². The average Bonchev–Trinajstić information content (AvgIpc) is 3.42. The topological polar surface area (TPSA) is 81.0 Å². The van der Waals surface area contributed by atoms with E-state index in [1.807, 2.05) is 66.7 Å². The Morgan fingerprint density at radius 2 is 1.79 bits per heavy atom. The van der Waals surface area contributed by atoms with Crippen LogP contribution in [0, 0.1) is 0 Å². The van der Waals surface area contributed by atoms with E-state index in [1.165, 1.54) is 11.3 Å². The molecule has 2 heterocycles. The van der Waals surface area contributed by atoms with Crippen molar-refractivity contribution in [3.05, 3.63) is 98.7 Å². The van der Waals surface area contributed by atoms with Gasteiger partial charge < -0.3 is 15.5 Å². The Bertz CT molecular complexity index is 1460. The van der Waals surface area contributed by atoms with Crippen LogP contribution in [0.1, 0.15) is 16.4 Å². The van der Waals surface area contributed by atoms with E-state index in [9.17, 15) is 4.79 Å². The van der Waals surface area contributed by atoms with Crippen molar-refractivity contribution < 1.29 is 9.53 Å². The number of rotatable bonds is 6. The first-order chi connectivity index (χ1) is 16.0. The summed E-state index contributed by atoms with van der Waals surface area (Å²) in [5.41, 5.74) is 8.99. The van der Waals surface area contributed by atoms with Gasteiger partial charge in [-0.1, -0.05) is 41.4 Å². The molecular formula is C25H17Cl2N3O2S. The molecule has 0 aliphatic heterocycles. The molecule has 0 saturated carbocycles. The number of primary amides is 1. The number of carbonyl (C=O) groups is 1. The smallest absolute Gasteiger partial charge is 0.230 e. The molecule has 0 aliphatic carbocycles. The maximum absolute atomic E-state index is 12.2. The minimum Gasteiger partial charge on any atom is -0.456 e. The van der Waals surface area contributed by atoms with Crippen molar-refractivity contribution in [2.24, 2.45) is 5.73 Å². The number of amides is 1. The van der Waals surface area contributed by atoms with Crippen molar-refractivity contribution in [1.29, 1.82) is 0 Å². The zero-order chi connectivity index (χ0) is 22.9. The number of nitrogens with two attached hydrogens (primary N) is 1. The highest BCUT2D eigenvalue weighted by Crippen LogP contribution is 2.34. The molecule has 5 rings (SSSR count). The fraction of sp³-hybridized carbons (Fsp3) is 0.0400. The van der Waals surface area contributed by atoms with Crippen molar-refractivity contribution >= 4 is 51.5 Å². The summed E-state index contributed by atoms with van der Waals surface area (Å²) in [6.45, 7) is 0. The fourth-order valence-corrected chi connectivity index (χ4v) is 5.00. The molecule has 164 valence electrons. The number of aromatic amines is 1. The zero-order valence-corrected chi connectivity index (χ0v) is 19.4. The van der Waals surface area contributed by atoms with Gasteiger partial charge in [-0.05, 0) is 66.2 Å². The summed E-state index contributed by atoms with van der Waals surface area (Å²) < 4.78 is 6.47. The van der Waals surface area contributed by atoms with Crippen LogP contribution >= 0.6 is 34.5 Å². The highest BCUT2D eigenvalue weighted by molar-refractivity contribution is 7.16. The maximum atomic E-state index is 12.2. The number of thiophene rings is 1. The lowest BCUT2D eigenvalue weighted by Gasteiger charge is -2.11. The predicted octanol–water partition coefficient (Wildman–Crippen LogP) is 7.01. The van der Waals surface area contributed by atoms with E-state index < -0.39 is 11.8 Å². The molecule has 5 nitrogen and oxygen atoms in total. The molecule has 3 aromatic carbocycles. The van der Waals surface area contributed by atoms with Gasteiger partial charge in [-0.25, -0.2) is 4.98 Å². The predicted molar refractivity (Wildman–Crippen MR) is 133 cm³/mol.